The van der Waals surface area contributed by atoms with Crippen molar-refractivity contribution in [3.63, 3.8) is 0 Å². The van der Waals surface area contributed by atoms with E-state index in [0.717, 1.165) is 5.57 Å². The molecule has 1 aliphatic heterocycles. The lowest BCUT2D eigenvalue weighted by molar-refractivity contribution is -0.286. The second-order valence-corrected chi connectivity index (χ2v) is 13.0. The summed E-state index contributed by atoms with van der Waals surface area (Å²) in [6.45, 7) is 9.90. The highest BCUT2D eigenvalue weighted by Gasteiger charge is 2.49. The van der Waals surface area contributed by atoms with Crippen LogP contribution >= 0.6 is 0 Å². The molecule has 6 N–H and O–H groups in total. The fraction of sp³-hybridized carbons (Fsp3) is 0.774. The predicted molar refractivity (Wildman–Crippen MR) is 152 cm³/mol. The van der Waals surface area contributed by atoms with Gasteiger partial charge >= 0.3 is 17.9 Å². The summed E-state index contributed by atoms with van der Waals surface area (Å²) in [6.07, 6.45) is -4.12. The molecule has 1 heterocycles. The fourth-order valence-electron chi connectivity index (χ4n) is 6.08. The lowest BCUT2D eigenvalue weighted by Gasteiger charge is -2.44. The molecule has 0 unspecified atom stereocenters. The van der Waals surface area contributed by atoms with E-state index in [2.05, 4.69) is 32.1 Å². The molecule has 3 aliphatic rings. The lowest BCUT2D eigenvalue weighted by Crippen LogP contribution is -2.60. The molecule has 0 spiro atoms. The molecule has 3 rings (SSSR count). The number of carbonyl (C=O) groups excluding carboxylic acids is 2. The Bertz CT molecular complexity index is 1050. The zero-order valence-corrected chi connectivity index (χ0v) is 25.5. The van der Waals surface area contributed by atoms with E-state index in [-0.39, 0.29) is 42.2 Å². The highest BCUT2D eigenvalue weighted by molar-refractivity contribution is 5.76. The molecule has 0 radical (unpaired) electrons. The van der Waals surface area contributed by atoms with Gasteiger partial charge in [0.25, 0.3) is 0 Å². The molecule has 1 fully saturated rings. The van der Waals surface area contributed by atoms with E-state index < -0.39 is 66.7 Å². The predicted octanol–water partition coefficient (Wildman–Crippen LogP) is 1.46. The number of ether oxygens (including phenoxy) is 3. The van der Waals surface area contributed by atoms with Gasteiger partial charge in [-0.2, -0.15) is 0 Å². The van der Waals surface area contributed by atoms with Gasteiger partial charge in [0.1, 0.15) is 24.4 Å². The Balaban J connectivity index is 1.57. The Morgan fingerprint density at radius 1 is 1.05 bits per heavy atom. The largest absolute Gasteiger partial charge is 0.479 e. The van der Waals surface area contributed by atoms with Gasteiger partial charge in [-0.05, 0) is 69.3 Å². The van der Waals surface area contributed by atoms with Crippen molar-refractivity contribution < 1.29 is 59.2 Å². The van der Waals surface area contributed by atoms with Gasteiger partial charge in [-0.1, -0.05) is 39.0 Å². The Labute approximate surface area is 252 Å². The van der Waals surface area contributed by atoms with Gasteiger partial charge in [0.2, 0.25) is 6.29 Å². The molecule has 0 saturated carbocycles. The van der Waals surface area contributed by atoms with E-state index in [4.69, 9.17) is 19.3 Å². The maximum absolute atomic E-state index is 13.0. The normalized spacial score (nSPS) is 35.7. The number of allylic oxidation sites excluding steroid dienone is 3. The SMILES string of the molecule is CCC(C)(C)C(=O)O[C@@H]1C[C@H](C)C=C2C=C[C@@H](C)[C@@H](CC[C@H](O)C[C@H](O)CC(=O)O[C@@H]3O[C@H](C(=O)O)[C@@H](O)[C@H](O)[C@H]3O)[C@@H]21. The van der Waals surface area contributed by atoms with Crippen molar-refractivity contribution in [3.8, 4) is 0 Å². The summed E-state index contributed by atoms with van der Waals surface area (Å²) in [5, 5.41) is 60.0. The van der Waals surface area contributed by atoms with Crippen LogP contribution in [0.15, 0.2) is 23.8 Å². The first-order valence-electron chi connectivity index (χ1n) is 15.1. The highest BCUT2D eigenvalue weighted by atomic mass is 16.7. The molecule has 1 saturated heterocycles. The quantitative estimate of drug-likeness (QED) is 0.174. The average molecular weight is 613 g/mol. The zero-order valence-electron chi connectivity index (χ0n) is 25.5. The minimum atomic E-state index is -1.93. The summed E-state index contributed by atoms with van der Waals surface area (Å²) in [7, 11) is 0. The van der Waals surface area contributed by atoms with Crippen molar-refractivity contribution in [2.75, 3.05) is 0 Å². The monoisotopic (exact) mass is 612 g/mol. The Hall–Kier alpha value is -2.35. The van der Waals surface area contributed by atoms with E-state index in [0.29, 0.717) is 25.7 Å². The van der Waals surface area contributed by atoms with Crippen molar-refractivity contribution in [2.24, 2.45) is 29.1 Å². The van der Waals surface area contributed by atoms with E-state index in [9.17, 15) is 39.9 Å². The third-order valence-corrected chi connectivity index (χ3v) is 9.13. The maximum atomic E-state index is 13.0. The molecule has 2 aliphatic carbocycles. The van der Waals surface area contributed by atoms with Crippen LogP contribution in [0.1, 0.15) is 73.1 Å². The highest BCUT2D eigenvalue weighted by Crippen LogP contribution is 2.45. The van der Waals surface area contributed by atoms with Crippen LogP contribution in [0, 0.1) is 29.1 Å². The van der Waals surface area contributed by atoms with Crippen LogP contribution in [0.25, 0.3) is 0 Å². The van der Waals surface area contributed by atoms with E-state index in [1.165, 1.54) is 0 Å². The number of aliphatic carboxylic acids is 1. The molecule has 0 amide bonds. The van der Waals surface area contributed by atoms with Crippen LogP contribution < -0.4 is 0 Å². The smallest absolute Gasteiger partial charge is 0.335 e. The van der Waals surface area contributed by atoms with Gasteiger partial charge in [0.15, 0.2) is 6.10 Å². The molecule has 0 aromatic rings. The summed E-state index contributed by atoms with van der Waals surface area (Å²) >= 11 is 0. The fourth-order valence-corrected chi connectivity index (χ4v) is 6.08. The van der Waals surface area contributed by atoms with E-state index in [1.54, 1.807) is 0 Å². The number of hydrogen-bond acceptors (Lipinski definition) is 11. The number of rotatable bonds is 12. The topological polar surface area (TPSA) is 200 Å². The number of aliphatic hydroxyl groups is 5. The molecular weight excluding hydrogens is 564 g/mol. The number of hydrogen-bond donors (Lipinski definition) is 6. The van der Waals surface area contributed by atoms with Crippen molar-refractivity contribution >= 4 is 17.9 Å². The van der Waals surface area contributed by atoms with Crippen molar-refractivity contribution in [2.45, 2.75) is 122 Å². The Morgan fingerprint density at radius 2 is 1.72 bits per heavy atom. The van der Waals surface area contributed by atoms with Gasteiger partial charge in [-0.25, -0.2) is 4.79 Å². The first-order valence-corrected chi connectivity index (χ1v) is 15.1. The lowest BCUT2D eigenvalue weighted by atomic mass is 9.65. The van der Waals surface area contributed by atoms with Crippen molar-refractivity contribution in [1.29, 1.82) is 0 Å². The molecule has 0 bridgehead atoms. The Kier molecular flexibility index (Phi) is 11.9. The standard InChI is InChI=1S/C31H48O12/c1-6-31(4,5)30(40)41-21-12-15(2)11-17-8-7-16(3)20(23(17)21)10-9-18(32)13-19(33)14-22(34)42-29-26(37)24(35)25(36)27(43-29)28(38)39/h7-8,11,15-16,18-21,23-27,29,32-33,35-37H,6,9-10,12-14H2,1-5H3,(H,38,39)/t15-,16-,18+,19+,20-,21-,23-,24+,25+,26-,27+,29-/m1/s1. The number of fused-ring (bicyclic) bond motifs is 1. The van der Waals surface area contributed by atoms with Gasteiger partial charge in [0.05, 0.1) is 24.0 Å². The molecule has 12 nitrogen and oxygen atoms in total. The second kappa shape index (κ2) is 14.6. The molecule has 43 heavy (non-hydrogen) atoms. The molecule has 244 valence electrons. The van der Waals surface area contributed by atoms with E-state index in [1.807, 2.05) is 20.8 Å². The number of carboxylic acid groups (broad SMARTS) is 1. The number of esters is 2. The summed E-state index contributed by atoms with van der Waals surface area (Å²) < 4.78 is 16.0. The van der Waals surface area contributed by atoms with Crippen LogP contribution in [0.3, 0.4) is 0 Å². The Morgan fingerprint density at radius 3 is 2.35 bits per heavy atom. The van der Waals surface area contributed by atoms with Crippen LogP contribution in [0.5, 0.6) is 0 Å². The molecule has 12 heteroatoms. The summed E-state index contributed by atoms with van der Waals surface area (Å²) in [5.41, 5.74) is 0.533. The van der Waals surface area contributed by atoms with Crippen LogP contribution in [0.2, 0.25) is 0 Å². The van der Waals surface area contributed by atoms with Gasteiger partial charge < -0.3 is 44.8 Å². The zero-order chi connectivity index (χ0) is 32.2. The molecule has 0 aromatic heterocycles. The number of carbonyl (C=O) groups is 3. The molecular formula is C31H48O12. The van der Waals surface area contributed by atoms with Crippen molar-refractivity contribution in [3.05, 3.63) is 23.8 Å². The summed E-state index contributed by atoms with van der Waals surface area (Å²) in [4.78, 5) is 36.6. The van der Waals surface area contributed by atoms with E-state index >= 15 is 0 Å². The van der Waals surface area contributed by atoms with Gasteiger partial charge in [-0.3, -0.25) is 9.59 Å². The third kappa shape index (κ3) is 8.64. The van der Waals surface area contributed by atoms with Crippen LogP contribution in [-0.2, 0) is 28.6 Å². The number of aliphatic hydroxyl groups excluding tert-OH is 5. The molecule has 0 aromatic carbocycles. The first kappa shape index (κ1) is 35.1. The average Bonchev–Trinajstić information content (AvgIpc) is 2.92. The summed E-state index contributed by atoms with van der Waals surface area (Å²) in [5.74, 6) is -2.43. The van der Waals surface area contributed by atoms with Crippen LogP contribution in [0.4, 0.5) is 0 Å². The summed E-state index contributed by atoms with van der Waals surface area (Å²) in [6, 6.07) is 0. The van der Waals surface area contributed by atoms with Gasteiger partial charge in [0, 0.05) is 5.92 Å². The number of carboxylic acids is 1. The van der Waals surface area contributed by atoms with Crippen molar-refractivity contribution in [1.82, 2.24) is 0 Å². The molecule has 12 atom stereocenters. The first-order chi connectivity index (χ1) is 20.0. The minimum absolute atomic E-state index is 0.0228. The third-order valence-electron chi connectivity index (χ3n) is 9.13. The van der Waals surface area contributed by atoms with Crippen LogP contribution in [-0.4, -0.2) is 97.6 Å². The maximum Gasteiger partial charge on any atom is 0.335 e. The second-order valence-electron chi connectivity index (χ2n) is 13.0. The van der Waals surface area contributed by atoms with Gasteiger partial charge in [-0.15, -0.1) is 0 Å². The minimum Gasteiger partial charge on any atom is -0.479 e.